The summed E-state index contributed by atoms with van der Waals surface area (Å²) in [6.07, 6.45) is 2.18. The van der Waals surface area contributed by atoms with Crippen molar-refractivity contribution in [2.75, 3.05) is 7.11 Å². The summed E-state index contributed by atoms with van der Waals surface area (Å²) in [6, 6.07) is 7.85. The molecule has 2 aromatic rings. The van der Waals surface area contributed by atoms with Gasteiger partial charge in [0.1, 0.15) is 11.6 Å². The molecule has 1 N–H and O–H groups in total. The molecule has 28 heavy (non-hydrogen) atoms. The maximum absolute atomic E-state index is 14.2. The van der Waals surface area contributed by atoms with Crippen LogP contribution in [0.2, 0.25) is 0 Å². The van der Waals surface area contributed by atoms with Crippen molar-refractivity contribution in [3.63, 3.8) is 0 Å². The zero-order valence-electron chi connectivity index (χ0n) is 16.9. The van der Waals surface area contributed by atoms with E-state index in [1.165, 1.54) is 23.3 Å². The van der Waals surface area contributed by atoms with E-state index < -0.39 is 11.8 Å². The molecule has 0 bridgehead atoms. The van der Waals surface area contributed by atoms with Crippen molar-refractivity contribution >= 4 is 5.97 Å². The van der Waals surface area contributed by atoms with E-state index in [4.69, 9.17) is 9.84 Å². The topological polar surface area (TPSA) is 46.5 Å². The monoisotopic (exact) mass is 380 g/mol. The third-order valence-electron chi connectivity index (χ3n) is 5.72. The fourth-order valence-corrected chi connectivity index (χ4v) is 3.74. The lowest BCUT2D eigenvalue weighted by Gasteiger charge is -2.42. The molecule has 0 aromatic heterocycles. The fourth-order valence-electron chi connectivity index (χ4n) is 3.74. The molecule has 0 unspecified atom stereocenters. The van der Waals surface area contributed by atoms with Gasteiger partial charge >= 0.3 is 5.97 Å². The van der Waals surface area contributed by atoms with Crippen molar-refractivity contribution in [1.29, 1.82) is 0 Å². The number of carboxylic acids is 1. The Labute approximate surface area is 165 Å². The van der Waals surface area contributed by atoms with Gasteiger partial charge in [-0.05, 0) is 65.1 Å². The first kappa shape index (κ1) is 19.9. The highest BCUT2D eigenvalue weighted by molar-refractivity contribution is 5.87. The summed E-state index contributed by atoms with van der Waals surface area (Å²) < 4.78 is 19.8. The Hall–Kier alpha value is -2.80. The number of ether oxygens (including phenoxy) is 1. The second kappa shape index (κ2) is 6.98. The summed E-state index contributed by atoms with van der Waals surface area (Å²) in [5.41, 5.74) is 3.36. The van der Waals surface area contributed by atoms with Gasteiger partial charge in [-0.1, -0.05) is 39.5 Å². The van der Waals surface area contributed by atoms with E-state index >= 15 is 0 Å². The molecule has 4 heteroatoms. The minimum absolute atomic E-state index is 0.0297. The van der Waals surface area contributed by atoms with Gasteiger partial charge < -0.3 is 9.84 Å². The van der Waals surface area contributed by atoms with E-state index in [0.29, 0.717) is 11.3 Å². The van der Waals surface area contributed by atoms with Gasteiger partial charge in [-0.3, -0.25) is 0 Å². The van der Waals surface area contributed by atoms with Crippen molar-refractivity contribution in [1.82, 2.24) is 0 Å². The molecule has 0 heterocycles. The molecule has 3 nitrogen and oxygen atoms in total. The fraction of sp³-hybridized carbons (Fsp3) is 0.375. The number of carbonyl (C=O) groups is 1. The Kier molecular flexibility index (Phi) is 4.97. The highest BCUT2D eigenvalue weighted by atomic mass is 19.1. The summed E-state index contributed by atoms with van der Waals surface area (Å²) in [4.78, 5) is 11.0. The number of hydrogen-bond donors (Lipinski definition) is 1. The van der Waals surface area contributed by atoms with Crippen LogP contribution in [0.25, 0.3) is 0 Å². The molecule has 0 atom stereocenters. The molecule has 1 aliphatic rings. The number of carboxylic acid groups (broad SMARTS) is 1. The van der Waals surface area contributed by atoms with Crippen LogP contribution < -0.4 is 4.74 Å². The third-order valence-corrected chi connectivity index (χ3v) is 5.72. The number of hydrogen-bond acceptors (Lipinski definition) is 2. The summed E-state index contributed by atoms with van der Waals surface area (Å²) in [5.74, 6) is 4.70. The standard InChI is InChI=1S/C24H25FO3/c1-23(2)10-11-24(3,4)19-14-21(28-5)16(12-18(19)23)8-6-15-7-9-17(22(26)27)13-20(15)25/h7,9,12-14H,10-11H2,1-5H3,(H,26,27). The zero-order valence-corrected chi connectivity index (χ0v) is 16.9. The van der Waals surface area contributed by atoms with Crippen LogP contribution in [0.5, 0.6) is 5.75 Å². The number of methoxy groups -OCH3 is 1. The summed E-state index contributed by atoms with van der Waals surface area (Å²) in [6.45, 7) is 8.95. The van der Waals surface area contributed by atoms with E-state index in [1.54, 1.807) is 7.11 Å². The average molecular weight is 380 g/mol. The molecule has 0 fully saturated rings. The first-order valence-corrected chi connectivity index (χ1v) is 9.33. The number of benzene rings is 2. The molecule has 2 aromatic carbocycles. The predicted octanol–water partition coefficient (Wildman–Crippen LogP) is 5.28. The zero-order chi connectivity index (χ0) is 20.7. The van der Waals surface area contributed by atoms with E-state index in [9.17, 15) is 9.18 Å². The van der Waals surface area contributed by atoms with Gasteiger partial charge in [-0.2, -0.15) is 0 Å². The molecule has 0 spiro atoms. The normalized spacial score (nSPS) is 16.5. The van der Waals surface area contributed by atoms with Gasteiger partial charge in [0.25, 0.3) is 0 Å². The van der Waals surface area contributed by atoms with Gasteiger partial charge in [0, 0.05) is 0 Å². The van der Waals surface area contributed by atoms with Crippen molar-refractivity contribution in [2.45, 2.75) is 51.4 Å². The maximum atomic E-state index is 14.2. The minimum atomic E-state index is -1.17. The van der Waals surface area contributed by atoms with Crippen molar-refractivity contribution in [2.24, 2.45) is 0 Å². The van der Waals surface area contributed by atoms with Crippen molar-refractivity contribution < 1.29 is 19.0 Å². The van der Waals surface area contributed by atoms with Gasteiger partial charge in [0.05, 0.1) is 23.8 Å². The molecule has 0 radical (unpaired) electrons. The summed E-state index contributed by atoms with van der Waals surface area (Å²) in [5, 5.41) is 8.96. The second-order valence-electron chi connectivity index (χ2n) is 8.62. The van der Waals surface area contributed by atoms with Crippen LogP contribution in [-0.4, -0.2) is 18.2 Å². The molecule has 3 rings (SSSR count). The second-order valence-corrected chi connectivity index (χ2v) is 8.62. The molecule has 0 saturated carbocycles. The van der Waals surface area contributed by atoms with Crippen LogP contribution in [0, 0.1) is 17.7 Å². The first-order valence-electron chi connectivity index (χ1n) is 9.33. The largest absolute Gasteiger partial charge is 0.495 e. The van der Waals surface area contributed by atoms with E-state index in [-0.39, 0.29) is 22.0 Å². The number of aromatic carboxylic acids is 1. The maximum Gasteiger partial charge on any atom is 0.335 e. The van der Waals surface area contributed by atoms with Crippen LogP contribution in [-0.2, 0) is 10.8 Å². The molecule has 0 saturated heterocycles. The molecular weight excluding hydrogens is 355 g/mol. The quantitative estimate of drug-likeness (QED) is 0.721. The number of halogens is 1. The Balaban J connectivity index is 2.10. The van der Waals surface area contributed by atoms with Gasteiger partial charge in [-0.25, -0.2) is 9.18 Å². The van der Waals surface area contributed by atoms with Crippen LogP contribution in [0.15, 0.2) is 30.3 Å². The van der Waals surface area contributed by atoms with Gasteiger partial charge in [0.2, 0.25) is 0 Å². The third kappa shape index (κ3) is 3.62. The minimum Gasteiger partial charge on any atom is -0.495 e. The highest BCUT2D eigenvalue weighted by Crippen LogP contribution is 2.47. The summed E-state index contributed by atoms with van der Waals surface area (Å²) in [7, 11) is 1.61. The summed E-state index contributed by atoms with van der Waals surface area (Å²) >= 11 is 0. The number of fused-ring (bicyclic) bond motifs is 1. The number of rotatable bonds is 2. The lowest BCUT2D eigenvalue weighted by Crippen LogP contribution is -2.34. The van der Waals surface area contributed by atoms with Crippen LogP contribution >= 0.6 is 0 Å². The van der Waals surface area contributed by atoms with E-state index in [0.717, 1.165) is 18.9 Å². The Morgan fingerprint density at radius 3 is 2.11 bits per heavy atom. The predicted molar refractivity (Wildman–Crippen MR) is 108 cm³/mol. The molecule has 0 amide bonds. The molecule has 146 valence electrons. The van der Waals surface area contributed by atoms with Crippen LogP contribution in [0.1, 0.15) is 73.1 Å². The Morgan fingerprint density at radius 2 is 1.57 bits per heavy atom. The Bertz CT molecular complexity index is 1010. The van der Waals surface area contributed by atoms with Crippen LogP contribution in [0.4, 0.5) is 4.39 Å². The van der Waals surface area contributed by atoms with Crippen molar-refractivity contribution in [3.8, 4) is 17.6 Å². The highest BCUT2D eigenvalue weighted by Gasteiger charge is 2.37. The lowest BCUT2D eigenvalue weighted by molar-refractivity contribution is 0.0696. The lowest BCUT2D eigenvalue weighted by atomic mass is 9.63. The molecular formula is C24H25FO3. The van der Waals surface area contributed by atoms with Gasteiger partial charge in [0.15, 0.2) is 0 Å². The Morgan fingerprint density at radius 1 is 1.00 bits per heavy atom. The van der Waals surface area contributed by atoms with E-state index in [2.05, 4.69) is 51.7 Å². The smallest absolute Gasteiger partial charge is 0.335 e. The van der Waals surface area contributed by atoms with E-state index in [1.807, 2.05) is 0 Å². The molecule has 1 aliphatic carbocycles. The molecule has 0 aliphatic heterocycles. The first-order chi connectivity index (χ1) is 13.0. The SMILES string of the molecule is COc1cc2c(cc1C#Cc1ccc(C(=O)O)cc1F)C(C)(C)CCC2(C)C. The average Bonchev–Trinajstić information content (AvgIpc) is 2.63. The van der Waals surface area contributed by atoms with Crippen LogP contribution in [0.3, 0.4) is 0 Å². The van der Waals surface area contributed by atoms with Gasteiger partial charge in [-0.15, -0.1) is 0 Å². The van der Waals surface area contributed by atoms with Crippen molar-refractivity contribution in [3.05, 3.63) is 64.0 Å².